The fraction of sp³-hybridized carbons (Fsp3) is 0.0714. The molecule has 0 unspecified atom stereocenters. The van der Waals surface area contributed by atoms with Crippen LogP contribution in [0.1, 0.15) is 5.56 Å². The van der Waals surface area contributed by atoms with Gasteiger partial charge in [-0.1, -0.05) is 15.9 Å². The van der Waals surface area contributed by atoms with Crippen LogP contribution in [-0.2, 0) is 0 Å². The van der Waals surface area contributed by atoms with Crippen LogP contribution in [0.3, 0.4) is 0 Å². The van der Waals surface area contributed by atoms with Crippen LogP contribution < -0.4 is 0 Å². The Labute approximate surface area is 132 Å². The smallest absolute Gasteiger partial charge is 0.142 e. The van der Waals surface area contributed by atoms with Gasteiger partial charge in [-0.05, 0) is 65.4 Å². The van der Waals surface area contributed by atoms with Gasteiger partial charge >= 0.3 is 0 Å². The normalized spacial score (nSPS) is 11.1. The molecule has 1 heterocycles. The van der Waals surface area contributed by atoms with Gasteiger partial charge in [0, 0.05) is 8.04 Å². The summed E-state index contributed by atoms with van der Waals surface area (Å²) in [6.07, 6.45) is 0. The molecule has 3 nitrogen and oxygen atoms in total. The fourth-order valence-corrected chi connectivity index (χ4v) is 3.14. The SMILES string of the molecule is Cc1cc(Br)cc2[nH]c(-c3cc(I)ccc3O)nc12. The number of aromatic amines is 1. The summed E-state index contributed by atoms with van der Waals surface area (Å²) in [5.41, 5.74) is 3.70. The molecule has 3 rings (SSSR count). The van der Waals surface area contributed by atoms with Gasteiger partial charge in [-0.15, -0.1) is 0 Å². The van der Waals surface area contributed by atoms with E-state index in [2.05, 4.69) is 48.5 Å². The van der Waals surface area contributed by atoms with Crippen molar-refractivity contribution in [2.24, 2.45) is 0 Å². The average Bonchev–Trinajstić information content (AvgIpc) is 2.76. The van der Waals surface area contributed by atoms with E-state index >= 15 is 0 Å². The number of phenolic OH excluding ortho intramolecular Hbond substituents is 1. The molecule has 19 heavy (non-hydrogen) atoms. The number of fused-ring (bicyclic) bond motifs is 1. The van der Waals surface area contributed by atoms with Gasteiger partial charge in [0.1, 0.15) is 11.6 Å². The van der Waals surface area contributed by atoms with E-state index in [1.807, 2.05) is 31.2 Å². The zero-order chi connectivity index (χ0) is 13.6. The predicted octanol–water partition coefficient (Wildman–Crippen LogP) is 4.61. The second kappa shape index (κ2) is 4.79. The Morgan fingerprint density at radius 1 is 1.26 bits per heavy atom. The molecule has 1 aromatic heterocycles. The molecular formula is C14H10BrIN2O. The zero-order valence-corrected chi connectivity index (χ0v) is 13.8. The molecule has 0 bridgehead atoms. The monoisotopic (exact) mass is 428 g/mol. The van der Waals surface area contributed by atoms with Crippen LogP contribution in [0.2, 0.25) is 0 Å². The number of imidazole rings is 1. The number of aromatic nitrogens is 2. The number of benzene rings is 2. The van der Waals surface area contributed by atoms with E-state index in [0.717, 1.165) is 30.2 Å². The molecule has 2 aromatic carbocycles. The molecule has 0 aliphatic heterocycles. The van der Waals surface area contributed by atoms with Crippen molar-refractivity contribution in [2.75, 3.05) is 0 Å². The maximum Gasteiger partial charge on any atom is 0.142 e. The molecule has 5 heteroatoms. The molecule has 0 atom stereocenters. The molecule has 2 N–H and O–H groups in total. The standard InChI is InChI=1S/C14H10BrIN2O/c1-7-4-8(15)5-11-13(7)18-14(17-11)10-6-9(16)2-3-12(10)19/h2-6,19H,1H3,(H,17,18). The third-order valence-electron chi connectivity index (χ3n) is 2.96. The summed E-state index contributed by atoms with van der Waals surface area (Å²) >= 11 is 5.70. The van der Waals surface area contributed by atoms with Crippen molar-refractivity contribution in [1.29, 1.82) is 0 Å². The molecule has 0 saturated carbocycles. The minimum Gasteiger partial charge on any atom is -0.507 e. The van der Waals surface area contributed by atoms with Gasteiger partial charge in [0.15, 0.2) is 0 Å². The number of aryl methyl sites for hydroxylation is 1. The fourth-order valence-electron chi connectivity index (χ4n) is 2.07. The molecule has 0 fully saturated rings. The highest BCUT2D eigenvalue weighted by Gasteiger charge is 2.11. The number of rotatable bonds is 1. The van der Waals surface area contributed by atoms with Gasteiger partial charge in [0.2, 0.25) is 0 Å². The first-order valence-electron chi connectivity index (χ1n) is 5.69. The van der Waals surface area contributed by atoms with Gasteiger partial charge in [0.25, 0.3) is 0 Å². The van der Waals surface area contributed by atoms with E-state index in [1.165, 1.54) is 0 Å². The molecule has 96 valence electrons. The number of hydrogen-bond acceptors (Lipinski definition) is 2. The Balaban J connectivity index is 2.26. The van der Waals surface area contributed by atoms with E-state index in [-0.39, 0.29) is 5.75 Å². The van der Waals surface area contributed by atoms with E-state index < -0.39 is 0 Å². The third-order valence-corrected chi connectivity index (χ3v) is 4.08. The zero-order valence-electron chi connectivity index (χ0n) is 10.0. The number of aromatic hydroxyl groups is 1. The Kier molecular flexibility index (Phi) is 3.26. The topological polar surface area (TPSA) is 48.9 Å². The Morgan fingerprint density at radius 2 is 2.05 bits per heavy atom. The van der Waals surface area contributed by atoms with Gasteiger partial charge < -0.3 is 10.1 Å². The van der Waals surface area contributed by atoms with E-state index in [9.17, 15) is 5.11 Å². The summed E-state index contributed by atoms with van der Waals surface area (Å²) in [4.78, 5) is 7.84. The van der Waals surface area contributed by atoms with Gasteiger partial charge in [-0.2, -0.15) is 0 Å². The van der Waals surface area contributed by atoms with Crippen molar-refractivity contribution in [3.05, 3.63) is 43.9 Å². The Bertz CT molecular complexity index is 782. The van der Waals surface area contributed by atoms with Crippen LogP contribution in [0.15, 0.2) is 34.8 Å². The van der Waals surface area contributed by atoms with Crippen LogP contribution in [-0.4, -0.2) is 15.1 Å². The van der Waals surface area contributed by atoms with Crippen LogP contribution in [0, 0.1) is 10.5 Å². The lowest BCUT2D eigenvalue weighted by Gasteiger charge is -2.01. The van der Waals surface area contributed by atoms with Crippen LogP contribution >= 0.6 is 38.5 Å². The number of nitrogens with one attached hydrogen (secondary N) is 1. The van der Waals surface area contributed by atoms with E-state index in [1.54, 1.807) is 6.07 Å². The minimum absolute atomic E-state index is 0.233. The third kappa shape index (κ3) is 2.36. The molecule has 3 aromatic rings. The van der Waals surface area contributed by atoms with Crippen molar-refractivity contribution < 1.29 is 5.11 Å². The van der Waals surface area contributed by atoms with Crippen LogP contribution in [0.4, 0.5) is 0 Å². The number of phenols is 1. The summed E-state index contributed by atoms with van der Waals surface area (Å²) in [7, 11) is 0. The molecule has 0 saturated heterocycles. The summed E-state index contributed by atoms with van der Waals surface area (Å²) < 4.78 is 2.07. The van der Waals surface area contributed by atoms with Crippen molar-refractivity contribution in [3.63, 3.8) is 0 Å². The lowest BCUT2D eigenvalue weighted by Crippen LogP contribution is -1.83. The lowest BCUT2D eigenvalue weighted by molar-refractivity contribution is 0.477. The van der Waals surface area contributed by atoms with E-state index in [4.69, 9.17) is 0 Å². The number of nitrogens with zero attached hydrogens (tertiary/aromatic N) is 1. The van der Waals surface area contributed by atoms with Gasteiger partial charge in [-0.3, -0.25) is 0 Å². The molecule has 0 amide bonds. The Morgan fingerprint density at radius 3 is 2.84 bits per heavy atom. The summed E-state index contributed by atoms with van der Waals surface area (Å²) in [5, 5.41) is 9.96. The lowest BCUT2D eigenvalue weighted by atomic mass is 10.2. The molecule has 0 aliphatic carbocycles. The highest BCUT2D eigenvalue weighted by atomic mass is 127. The maximum atomic E-state index is 9.96. The van der Waals surface area contributed by atoms with Crippen LogP contribution in [0.5, 0.6) is 5.75 Å². The average molecular weight is 429 g/mol. The van der Waals surface area contributed by atoms with Gasteiger partial charge in [-0.25, -0.2) is 4.98 Å². The van der Waals surface area contributed by atoms with Crippen molar-refractivity contribution >= 4 is 49.6 Å². The molecule has 0 radical (unpaired) electrons. The van der Waals surface area contributed by atoms with Crippen LogP contribution in [0.25, 0.3) is 22.4 Å². The number of halogens is 2. The summed E-state index contributed by atoms with van der Waals surface area (Å²) in [6.45, 7) is 2.02. The molecule has 0 spiro atoms. The largest absolute Gasteiger partial charge is 0.507 e. The first kappa shape index (κ1) is 12.9. The second-order valence-electron chi connectivity index (χ2n) is 4.37. The summed E-state index contributed by atoms with van der Waals surface area (Å²) in [5.74, 6) is 0.920. The predicted molar refractivity (Wildman–Crippen MR) is 88.3 cm³/mol. The van der Waals surface area contributed by atoms with Crippen molar-refractivity contribution in [1.82, 2.24) is 9.97 Å². The number of H-pyrrole nitrogens is 1. The maximum absolute atomic E-state index is 9.96. The van der Waals surface area contributed by atoms with Crippen molar-refractivity contribution in [3.8, 4) is 17.1 Å². The number of hydrogen-bond donors (Lipinski definition) is 2. The van der Waals surface area contributed by atoms with E-state index in [0.29, 0.717) is 5.82 Å². The summed E-state index contributed by atoms with van der Waals surface area (Å²) in [6, 6.07) is 9.49. The van der Waals surface area contributed by atoms with Gasteiger partial charge in [0.05, 0.1) is 16.6 Å². The first-order chi connectivity index (χ1) is 9.04. The molecular weight excluding hydrogens is 419 g/mol. The van der Waals surface area contributed by atoms with Crippen molar-refractivity contribution in [2.45, 2.75) is 6.92 Å². The Hall–Kier alpha value is -1.08. The highest BCUT2D eigenvalue weighted by Crippen LogP contribution is 2.31. The quantitative estimate of drug-likeness (QED) is 0.556. The minimum atomic E-state index is 0.233. The first-order valence-corrected chi connectivity index (χ1v) is 7.56. The second-order valence-corrected chi connectivity index (χ2v) is 6.53. The highest BCUT2D eigenvalue weighted by molar-refractivity contribution is 14.1. The molecule has 0 aliphatic rings.